The average molecular weight is 372 g/mol. The average Bonchev–Trinajstić information content (AvgIpc) is 3.27. The summed E-state index contributed by atoms with van der Waals surface area (Å²) in [4.78, 5) is 2.25. The van der Waals surface area contributed by atoms with Crippen LogP contribution in [-0.2, 0) is 20.1 Å². The summed E-state index contributed by atoms with van der Waals surface area (Å²) in [5.41, 5.74) is 5.59. The Hall–Kier alpha value is -3.25. The molecule has 4 aromatic rings. The molecule has 2 aromatic heterocycles. The Morgan fingerprint density at radius 1 is 0.929 bits per heavy atom. The normalized spacial score (nSPS) is 11.3. The zero-order valence-electron chi connectivity index (χ0n) is 16.4. The van der Waals surface area contributed by atoms with Crippen LogP contribution in [-0.4, -0.2) is 36.5 Å². The minimum atomic E-state index is 0.723. The van der Waals surface area contributed by atoms with Crippen molar-refractivity contribution in [1.82, 2.24) is 29.4 Å². The molecule has 0 bridgehead atoms. The van der Waals surface area contributed by atoms with Gasteiger partial charge in [-0.15, -0.1) is 10.2 Å². The minimum Gasteiger partial charge on any atom is -0.320 e. The Morgan fingerprint density at radius 3 is 2.25 bits per heavy atom. The van der Waals surface area contributed by atoms with Crippen molar-refractivity contribution in [3.8, 4) is 16.9 Å². The summed E-state index contributed by atoms with van der Waals surface area (Å²) in [6.07, 6.45) is 1.73. The number of para-hydroxylation sites is 1. The van der Waals surface area contributed by atoms with Gasteiger partial charge < -0.3 is 4.57 Å². The predicted molar refractivity (Wildman–Crippen MR) is 110 cm³/mol. The lowest BCUT2D eigenvalue weighted by Gasteiger charge is -2.17. The van der Waals surface area contributed by atoms with Crippen LogP contribution in [0.1, 0.15) is 17.1 Å². The highest BCUT2D eigenvalue weighted by atomic mass is 15.3. The van der Waals surface area contributed by atoms with Crippen LogP contribution in [0, 0.1) is 6.92 Å². The van der Waals surface area contributed by atoms with Crippen LogP contribution in [0.5, 0.6) is 0 Å². The van der Waals surface area contributed by atoms with E-state index >= 15 is 0 Å². The van der Waals surface area contributed by atoms with Gasteiger partial charge in [0.1, 0.15) is 12.2 Å². The highest BCUT2D eigenvalue weighted by Crippen LogP contribution is 2.28. The summed E-state index contributed by atoms with van der Waals surface area (Å²) >= 11 is 0. The lowest BCUT2D eigenvalue weighted by atomic mass is 10.1. The molecule has 0 N–H and O–H groups in total. The van der Waals surface area contributed by atoms with E-state index in [-0.39, 0.29) is 0 Å². The van der Waals surface area contributed by atoms with Gasteiger partial charge in [-0.05, 0) is 26.1 Å². The minimum absolute atomic E-state index is 0.723. The van der Waals surface area contributed by atoms with Gasteiger partial charge in [-0.2, -0.15) is 5.10 Å². The fraction of sp³-hybridized carbons (Fsp3) is 0.227. The van der Waals surface area contributed by atoms with Crippen LogP contribution < -0.4 is 0 Å². The van der Waals surface area contributed by atoms with Gasteiger partial charge in [0.05, 0.1) is 17.9 Å². The van der Waals surface area contributed by atoms with E-state index in [0.717, 1.165) is 41.6 Å². The number of nitrogens with zero attached hydrogens (tertiary/aromatic N) is 6. The second-order valence-electron chi connectivity index (χ2n) is 7.06. The number of rotatable bonds is 6. The molecular weight excluding hydrogens is 348 g/mol. The molecule has 0 saturated heterocycles. The molecule has 0 aliphatic heterocycles. The smallest absolute Gasteiger partial charge is 0.146 e. The summed E-state index contributed by atoms with van der Waals surface area (Å²) in [6.45, 7) is 3.63. The largest absolute Gasteiger partial charge is 0.320 e. The first-order chi connectivity index (χ1) is 13.6. The summed E-state index contributed by atoms with van der Waals surface area (Å²) in [7, 11) is 4.07. The second kappa shape index (κ2) is 7.78. The predicted octanol–water partition coefficient (Wildman–Crippen LogP) is 3.61. The SMILES string of the molecule is Cc1c(CN(C)Cc2nncn2C)c(-c2ccccc2)nn1-c1ccccc1. The molecule has 0 saturated carbocycles. The van der Waals surface area contributed by atoms with Crippen molar-refractivity contribution in [3.63, 3.8) is 0 Å². The van der Waals surface area contributed by atoms with E-state index in [1.54, 1.807) is 6.33 Å². The molecule has 4 rings (SSSR count). The van der Waals surface area contributed by atoms with Gasteiger partial charge in [-0.1, -0.05) is 48.5 Å². The molecular formula is C22H24N6. The zero-order chi connectivity index (χ0) is 19.5. The molecule has 6 heteroatoms. The van der Waals surface area contributed by atoms with Gasteiger partial charge in [0.15, 0.2) is 0 Å². The highest BCUT2D eigenvalue weighted by Gasteiger charge is 2.19. The Morgan fingerprint density at radius 2 is 1.61 bits per heavy atom. The third-order valence-electron chi connectivity index (χ3n) is 4.93. The molecule has 0 unspecified atom stereocenters. The summed E-state index contributed by atoms with van der Waals surface area (Å²) in [5.74, 6) is 0.942. The van der Waals surface area contributed by atoms with E-state index in [0.29, 0.717) is 0 Å². The third kappa shape index (κ3) is 3.59. The van der Waals surface area contributed by atoms with Crippen molar-refractivity contribution < 1.29 is 0 Å². The molecule has 28 heavy (non-hydrogen) atoms. The maximum Gasteiger partial charge on any atom is 0.146 e. The number of hydrogen-bond donors (Lipinski definition) is 0. The van der Waals surface area contributed by atoms with Crippen molar-refractivity contribution in [2.45, 2.75) is 20.0 Å². The molecule has 142 valence electrons. The standard InChI is InChI=1S/C22H24N6/c1-17-20(14-26(2)15-21-24-23-16-27(21)3)22(18-10-6-4-7-11-18)25-28(17)19-12-8-5-9-13-19/h4-13,16H,14-15H2,1-3H3. The van der Waals surface area contributed by atoms with Crippen molar-refractivity contribution in [1.29, 1.82) is 0 Å². The van der Waals surface area contributed by atoms with Crippen LogP contribution in [0.3, 0.4) is 0 Å². The van der Waals surface area contributed by atoms with Gasteiger partial charge in [-0.3, -0.25) is 4.90 Å². The number of aryl methyl sites for hydroxylation is 1. The molecule has 0 aliphatic carbocycles. The van der Waals surface area contributed by atoms with Crippen LogP contribution in [0.4, 0.5) is 0 Å². The fourth-order valence-corrected chi connectivity index (χ4v) is 3.39. The first kappa shape index (κ1) is 18.1. The Bertz CT molecular complexity index is 1050. The molecule has 6 nitrogen and oxygen atoms in total. The molecule has 0 radical (unpaired) electrons. The summed E-state index contributed by atoms with van der Waals surface area (Å²) in [6, 6.07) is 20.6. The quantitative estimate of drug-likeness (QED) is 0.519. The molecule has 0 spiro atoms. The van der Waals surface area contributed by atoms with Crippen molar-refractivity contribution in [2.75, 3.05) is 7.05 Å². The zero-order valence-corrected chi connectivity index (χ0v) is 16.4. The highest BCUT2D eigenvalue weighted by molar-refractivity contribution is 5.64. The molecule has 0 aliphatic rings. The van der Waals surface area contributed by atoms with Crippen molar-refractivity contribution in [2.24, 2.45) is 7.05 Å². The van der Waals surface area contributed by atoms with Gasteiger partial charge in [0.25, 0.3) is 0 Å². The van der Waals surface area contributed by atoms with Gasteiger partial charge in [0, 0.05) is 30.4 Å². The Balaban J connectivity index is 1.72. The molecule has 0 fully saturated rings. The van der Waals surface area contributed by atoms with Gasteiger partial charge >= 0.3 is 0 Å². The number of hydrogen-bond acceptors (Lipinski definition) is 4. The topological polar surface area (TPSA) is 51.8 Å². The number of aromatic nitrogens is 5. The first-order valence-electron chi connectivity index (χ1n) is 9.34. The first-order valence-corrected chi connectivity index (χ1v) is 9.34. The van der Waals surface area contributed by atoms with Crippen LogP contribution in [0.15, 0.2) is 67.0 Å². The molecule has 0 amide bonds. The second-order valence-corrected chi connectivity index (χ2v) is 7.06. The maximum atomic E-state index is 4.97. The van der Waals surface area contributed by atoms with Crippen LogP contribution >= 0.6 is 0 Å². The van der Waals surface area contributed by atoms with Crippen LogP contribution in [0.25, 0.3) is 16.9 Å². The monoisotopic (exact) mass is 372 g/mol. The summed E-state index contributed by atoms with van der Waals surface area (Å²) in [5, 5.41) is 13.2. The van der Waals surface area contributed by atoms with E-state index < -0.39 is 0 Å². The van der Waals surface area contributed by atoms with E-state index in [1.807, 2.05) is 40.6 Å². The van der Waals surface area contributed by atoms with E-state index in [2.05, 4.69) is 65.5 Å². The van der Waals surface area contributed by atoms with E-state index in [4.69, 9.17) is 5.10 Å². The Kier molecular flexibility index (Phi) is 5.04. The lowest BCUT2D eigenvalue weighted by molar-refractivity contribution is 0.306. The fourth-order valence-electron chi connectivity index (χ4n) is 3.39. The Labute approximate surface area is 165 Å². The van der Waals surface area contributed by atoms with Crippen molar-refractivity contribution in [3.05, 3.63) is 84.1 Å². The molecule has 0 atom stereocenters. The maximum absolute atomic E-state index is 4.97. The number of benzene rings is 2. The molecule has 2 aromatic carbocycles. The molecule has 2 heterocycles. The summed E-state index contributed by atoms with van der Waals surface area (Å²) < 4.78 is 3.99. The van der Waals surface area contributed by atoms with E-state index in [1.165, 1.54) is 5.56 Å². The lowest BCUT2D eigenvalue weighted by Crippen LogP contribution is -2.20. The van der Waals surface area contributed by atoms with Gasteiger partial charge in [0.2, 0.25) is 0 Å². The van der Waals surface area contributed by atoms with Crippen molar-refractivity contribution >= 4 is 0 Å². The van der Waals surface area contributed by atoms with Gasteiger partial charge in [-0.25, -0.2) is 4.68 Å². The third-order valence-corrected chi connectivity index (χ3v) is 4.93. The van der Waals surface area contributed by atoms with E-state index in [9.17, 15) is 0 Å². The van der Waals surface area contributed by atoms with Crippen LogP contribution in [0.2, 0.25) is 0 Å².